The van der Waals surface area contributed by atoms with Gasteiger partial charge in [-0.15, -0.1) is 0 Å². The SMILES string of the molecule is COc1ccc(/C(=C/C(=O)O)C2CCNCC2)cc1F. The maximum absolute atomic E-state index is 13.8. The van der Waals surface area contributed by atoms with Crippen molar-refractivity contribution in [3.63, 3.8) is 0 Å². The van der Waals surface area contributed by atoms with Crippen LogP contribution < -0.4 is 10.1 Å². The number of carboxylic acid groups (broad SMARTS) is 1. The average Bonchev–Trinajstić information content (AvgIpc) is 2.45. The van der Waals surface area contributed by atoms with E-state index in [4.69, 9.17) is 9.84 Å². The monoisotopic (exact) mass is 279 g/mol. The van der Waals surface area contributed by atoms with Gasteiger partial charge in [-0.2, -0.15) is 0 Å². The summed E-state index contributed by atoms with van der Waals surface area (Å²) in [6, 6.07) is 4.58. The zero-order valence-corrected chi connectivity index (χ0v) is 11.4. The Morgan fingerprint density at radius 3 is 2.70 bits per heavy atom. The van der Waals surface area contributed by atoms with Crippen LogP contribution in [0.3, 0.4) is 0 Å². The predicted octanol–water partition coefficient (Wildman–Crippen LogP) is 2.30. The molecule has 0 radical (unpaired) electrons. The zero-order chi connectivity index (χ0) is 14.5. The fourth-order valence-electron chi connectivity index (χ4n) is 2.55. The molecule has 2 N–H and O–H groups in total. The first-order chi connectivity index (χ1) is 9.61. The van der Waals surface area contributed by atoms with E-state index in [-0.39, 0.29) is 11.7 Å². The molecule has 1 aliphatic rings. The number of aliphatic carboxylic acids is 1. The number of carboxylic acids is 1. The summed E-state index contributed by atoms with van der Waals surface area (Å²) in [5.74, 6) is -1.18. The first-order valence-corrected chi connectivity index (χ1v) is 6.61. The highest BCUT2D eigenvalue weighted by Crippen LogP contribution is 2.32. The summed E-state index contributed by atoms with van der Waals surface area (Å²) in [7, 11) is 1.40. The fourth-order valence-corrected chi connectivity index (χ4v) is 2.55. The third-order valence-corrected chi connectivity index (χ3v) is 3.54. The minimum absolute atomic E-state index is 0.139. The molecule has 0 bridgehead atoms. The van der Waals surface area contributed by atoms with Crippen molar-refractivity contribution in [3.05, 3.63) is 35.7 Å². The molecule has 0 atom stereocenters. The van der Waals surface area contributed by atoms with Crippen molar-refractivity contribution in [2.24, 2.45) is 5.92 Å². The molecular formula is C15H18FNO3. The van der Waals surface area contributed by atoms with Crippen LogP contribution in [0.4, 0.5) is 4.39 Å². The third kappa shape index (κ3) is 3.36. The van der Waals surface area contributed by atoms with E-state index >= 15 is 0 Å². The van der Waals surface area contributed by atoms with Crippen molar-refractivity contribution >= 4 is 11.5 Å². The fraction of sp³-hybridized carbons (Fsp3) is 0.400. The molecule has 0 spiro atoms. The highest BCUT2D eigenvalue weighted by molar-refractivity contribution is 5.90. The van der Waals surface area contributed by atoms with E-state index in [0.717, 1.165) is 25.9 Å². The second kappa shape index (κ2) is 6.52. The van der Waals surface area contributed by atoms with Crippen LogP contribution in [0.2, 0.25) is 0 Å². The summed E-state index contributed by atoms with van der Waals surface area (Å²) in [5, 5.41) is 12.3. The number of benzene rings is 1. The van der Waals surface area contributed by atoms with Crippen LogP contribution in [0.15, 0.2) is 24.3 Å². The van der Waals surface area contributed by atoms with Gasteiger partial charge in [-0.3, -0.25) is 0 Å². The van der Waals surface area contributed by atoms with Crippen LogP contribution in [0.1, 0.15) is 18.4 Å². The van der Waals surface area contributed by atoms with Gasteiger partial charge in [-0.25, -0.2) is 9.18 Å². The van der Waals surface area contributed by atoms with Gasteiger partial charge < -0.3 is 15.2 Å². The molecule has 1 aromatic carbocycles. The second-order valence-corrected chi connectivity index (χ2v) is 4.81. The second-order valence-electron chi connectivity index (χ2n) is 4.81. The first kappa shape index (κ1) is 14.5. The number of hydrogen-bond donors (Lipinski definition) is 2. The molecule has 1 aromatic rings. The number of rotatable bonds is 4. The van der Waals surface area contributed by atoms with Gasteiger partial charge in [0.1, 0.15) is 0 Å². The van der Waals surface area contributed by atoms with Crippen LogP contribution in [0, 0.1) is 11.7 Å². The Morgan fingerprint density at radius 1 is 1.45 bits per heavy atom. The molecule has 1 aliphatic heterocycles. The highest BCUT2D eigenvalue weighted by Gasteiger charge is 2.20. The zero-order valence-electron chi connectivity index (χ0n) is 11.4. The minimum Gasteiger partial charge on any atom is -0.494 e. The molecule has 0 saturated carbocycles. The van der Waals surface area contributed by atoms with E-state index in [2.05, 4.69) is 5.32 Å². The van der Waals surface area contributed by atoms with Crippen molar-refractivity contribution in [2.75, 3.05) is 20.2 Å². The van der Waals surface area contributed by atoms with E-state index < -0.39 is 11.8 Å². The lowest BCUT2D eigenvalue weighted by Gasteiger charge is -2.25. The molecule has 5 heteroatoms. The summed E-state index contributed by atoms with van der Waals surface area (Å²) in [4.78, 5) is 11.0. The molecule has 0 unspecified atom stereocenters. The topological polar surface area (TPSA) is 58.6 Å². The molecule has 1 heterocycles. The van der Waals surface area contributed by atoms with Crippen molar-refractivity contribution in [3.8, 4) is 5.75 Å². The summed E-state index contributed by atoms with van der Waals surface area (Å²) in [5.41, 5.74) is 1.29. The number of nitrogens with one attached hydrogen (secondary N) is 1. The first-order valence-electron chi connectivity index (χ1n) is 6.61. The lowest BCUT2D eigenvalue weighted by atomic mass is 9.85. The summed E-state index contributed by atoms with van der Waals surface area (Å²) < 4.78 is 18.7. The molecular weight excluding hydrogens is 261 g/mol. The Bertz CT molecular complexity index is 522. The number of methoxy groups -OCH3 is 1. The highest BCUT2D eigenvalue weighted by atomic mass is 19.1. The lowest BCUT2D eigenvalue weighted by molar-refractivity contribution is -0.131. The Labute approximate surface area is 117 Å². The maximum Gasteiger partial charge on any atom is 0.328 e. The molecule has 4 nitrogen and oxygen atoms in total. The molecule has 108 valence electrons. The van der Waals surface area contributed by atoms with Gasteiger partial charge in [0, 0.05) is 6.08 Å². The average molecular weight is 279 g/mol. The van der Waals surface area contributed by atoms with E-state index in [1.807, 2.05) is 0 Å². The van der Waals surface area contributed by atoms with E-state index in [1.165, 1.54) is 25.3 Å². The number of ether oxygens (including phenoxy) is 1. The molecule has 2 rings (SSSR count). The standard InChI is InChI=1S/C15H18FNO3/c1-20-14-3-2-11(8-13(14)16)12(9-15(18)19)10-4-6-17-7-5-10/h2-3,8-10,17H,4-7H2,1H3,(H,18,19)/b12-9+. The Balaban J connectivity index is 2.35. The third-order valence-electron chi connectivity index (χ3n) is 3.54. The normalized spacial score (nSPS) is 17.0. The molecule has 1 fully saturated rings. The van der Waals surface area contributed by atoms with Crippen LogP contribution in [0.5, 0.6) is 5.75 Å². The largest absolute Gasteiger partial charge is 0.494 e. The lowest BCUT2D eigenvalue weighted by Crippen LogP contribution is -2.28. The number of allylic oxidation sites excluding steroid dienone is 1. The van der Waals surface area contributed by atoms with Gasteiger partial charge in [0.2, 0.25) is 0 Å². The van der Waals surface area contributed by atoms with Gasteiger partial charge in [0.05, 0.1) is 7.11 Å². The smallest absolute Gasteiger partial charge is 0.328 e. The summed E-state index contributed by atoms with van der Waals surface area (Å²) in [6.45, 7) is 1.69. The number of halogens is 1. The predicted molar refractivity (Wildman–Crippen MR) is 74.2 cm³/mol. The van der Waals surface area contributed by atoms with E-state index in [9.17, 15) is 9.18 Å². The van der Waals surface area contributed by atoms with E-state index in [0.29, 0.717) is 11.1 Å². The molecule has 0 aromatic heterocycles. The van der Waals surface area contributed by atoms with Crippen LogP contribution >= 0.6 is 0 Å². The molecule has 1 saturated heterocycles. The minimum atomic E-state index is -1.00. The van der Waals surface area contributed by atoms with Crippen molar-refractivity contribution < 1.29 is 19.0 Å². The summed E-state index contributed by atoms with van der Waals surface area (Å²) in [6.07, 6.45) is 2.90. The number of carbonyl (C=O) groups is 1. The van der Waals surface area contributed by atoms with Crippen molar-refractivity contribution in [1.29, 1.82) is 0 Å². The van der Waals surface area contributed by atoms with Gasteiger partial charge in [-0.1, -0.05) is 6.07 Å². The number of hydrogen-bond acceptors (Lipinski definition) is 3. The summed E-state index contributed by atoms with van der Waals surface area (Å²) >= 11 is 0. The van der Waals surface area contributed by atoms with Gasteiger partial charge >= 0.3 is 5.97 Å². The number of piperidine rings is 1. The van der Waals surface area contributed by atoms with Crippen LogP contribution in [-0.2, 0) is 4.79 Å². The van der Waals surface area contributed by atoms with Crippen LogP contribution in [0.25, 0.3) is 5.57 Å². The van der Waals surface area contributed by atoms with Gasteiger partial charge in [0.25, 0.3) is 0 Å². The maximum atomic E-state index is 13.8. The Kier molecular flexibility index (Phi) is 4.74. The molecule has 0 amide bonds. The van der Waals surface area contributed by atoms with Crippen LogP contribution in [-0.4, -0.2) is 31.3 Å². The van der Waals surface area contributed by atoms with E-state index in [1.54, 1.807) is 6.07 Å². The molecule has 0 aliphatic carbocycles. The molecule has 20 heavy (non-hydrogen) atoms. The van der Waals surface area contributed by atoms with Crippen molar-refractivity contribution in [1.82, 2.24) is 5.32 Å². The van der Waals surface area contributed by atoms with Gasteiger partial charge in [0.15, 0.2) is 11.6 Å². The Hall–Kier alpha value is -1.88. The van der Waals surface area contributed by atoms with Gasteiger partial charge in [-0.05, 0) is 55.1 Å². The quantitative estimate of drug-likeness (QED) is 0.830. The Morgan fingerprint density at radius 2 is 2.15 bits per heavy atom. The van der Waals surface area contributed by atoms with Crippen molar-refractivity contribution in [2.45, 2.75) is 12.8 Å².